The van der Waals surface area contributed by atoms with Crippen LogP contribution >= 0.6 is 12.2 Å². The van der Waals surface area contributed by atoms with Crippen LogP contribution in [0.3, 0.4) is 0 Å². The van der Waals surface area contributed by atoms with E-state index < -0.39 is 5.41 Å². The van der Waals surface area contributed by atoms with Gasteiger partial charge < -0.3 is 20.1 Å². The van der Waals surface area contributed by atoms with Gasteiger partial charge in [0.2, 0.25) is 5.91 Å². The fourth-order valence-electron chi connectivity index (χ4n) is 1.37. The van der Waals surface area contributed by atoms with E-state index in [9.17, 15) is 4.79 Å². The minimum atomic E-state index is -0.497. The number of rotatable bonds is 3. The summed E-state index contributed by atoms with van der Waals surface area (Å²) >= 11 is 5.11. The minimum Gasteiger partial charge on any atom is -0.493 e. The number of carbonyl (C=O) groups excluding carboxylic acids is 1. The molecule has 0 aliphatic heterocycles. The van der Waals surface area contributed by atoms with E-state index >= 15 is 0 Å². The van der Waals surface area contributed by atoms with Crippen LogP contribution in [0.4, 0.5) is 5.69 Å². The van der Waals surface area contributed by atoms with Gasteiger partial charge in [-0.2, -0.15) is 0 Å². The second kappa shape index (κ2) is 6.56. The normalized spacial score (nSPS) is 10.7. The third kappa shape index (κ3) is 4.38. The van der Waals surface area contributed by atoms with Crippen LogP contribution in [0.25, 0.3) is 0 Å². The Labute approximate surface area is 124 Å². The molecule has 2 N–H and O–H groups in total. The van der Waals surface area contributed by atoms with Gasteiger partial charge in [0.15, 0.2) is 16.6 Å². The number of thiocarbonyl (C=S) groups is 1. The van der Waals surface area contributed by atoms with Crippen molar-refractivity contribution in [2.24, 2.45) is 5.41 Å². The highest BCUT2D eigenvalue weighted by Crippen LogP contribution is 2.29. The third-order valence-electron chi connectivity index (χ3n) is 2.55. The summed E-state index contributed by atoms with van der Waals surface area (Å²) in [6.07, 6.45) is 0. The molecule has 0 heterocycles. The van der Waals surface area contributed by atoms with Gasteiger partial charge in [-0.05, 0) is 24.4 Å². The van der Waals surface area contributed by atoms with E-state index in [2.05, 4.69) is 10.6 Å². The lowest BCUT2D eigenvalue weighted by molar-refractivity contribution is -0.126. The number of nitrogens with one attached hydrogen (secondary N) is 2. The van der Waals surface area contributed by atoms with Gasteiger partial charge in [-0.1, -0.05) is 20.8 Å². The van der Waals surface area contributed by atoms with Crippen molar-refractivity contribution in [1.29, 1.82) is 0 Å². The molecular weight excluding hydrogens is 276 g/mol. The van der Waals surface area contributed by atoms with Crippen LogP contribution in [0.5, 0.6) is 11.5 Å². The van der Waals surface area contributed by atoms with E-state index in [1.165, 1.54) is 0 Å². The summed E-state index contributed by atoms with van der Waals surface area (Å²) in [5.41, 5.74) is 0.213. The van der Waals surface area contributed by atoms with Gasteiger partial charge in [0, 0.05) is 17.2 Å². The number of ether oxygens (including phenoxy) is 2. The second-order valence-electron chi connectivity index (χ2n) is 5.23. The first kappa shape index (κ1) is 16.2. The summed E-state index contributed by atoms with van der Waals surface area (Å²) in [6, 6.07) is 5.29. The molecule has 0 aromatic heterocycles. The maximum Gasteiger partial charge on any atom is 0.231 e. The molecular formula is C14H20N2O3S. The highest BCUT2D eigenvalue weighted by atomic mass is 32.1. The number of hydrogen-bond donors (Lipinski definition) is 2. The predicted octanol–water partition coefficient (Wildman–Crippen LogP) is 2.56. The third-order valence-corrected chi connectivity index (χ3v) is 2.75. The van der Waals surface area contributed by atoms with Crippen molar-refractivity contribution in [1.82, 2.24) is 5.32 Å². The molecule has 1 rings (SSSR count). The maximum atomic E-state index is 11.8. The molecule has 20 heavy (non-hydrogen) atoms. The monoisotopic (exact) mass is 296 g/mol. The summed E-state index contributed by atoms with van der Waals surface area (Å²) in [5.74, 6) is 1.07. The zero-order valence-corrected chi connectivity index (χ0v) is 13.2. The minimum absolute atomic E-state index is 0.143. The number of hydrogen-bond acceptors (Lipinski definition) is 4. The fourth-order valence-corrected chi connectivity index (χ4v) is 1.58. The predicted molar refractivity (Wildman–Crippen MR) is 83.4 cm³/mol. The first-order valence-electron chi connectivity index (χ1n) is 6.12. The second-order valence-corrected chi connectivity index (χ2v) is 5.64. The topological polar surface area (TPSA) is 59.6 Å². The molecule has 0 aliphatic rings. The molecule has 0 saturated carbocycles. The molecule has 0 aliphatic carbocycles. The lowest BCUT2D eigenvalue weighted by Gasteiger charge is -2.19. The van der Waals surface area contributed by atoms with Gasteiger partial charge in [-0.25, -0.2) is 0 Å². The Kier molecular flexibility index (Phi) is 5.33. The molecule has 0 fully saturated rings. The van der Waals surface area contributed by atoms with Crippen molar-refractivity contribution in [3.63, 3.8) is 0 Å². The quantitative estimate of drug-likeness (QED) is 0.840. The largest absolute Gasteiger partial charge is 0.493 e. The Morgan fingerprint density at radius 3 is 2.25 bits per heavy atom. The SMILES string of the molecule is COc1ccc(NC(=S)NC(=O)C(C)(C)C)cc1OC. The zero-order chi connectivity index (χ0) is 15.3. The van der Waals surface area contributed by atoms with Crippen LogP contribution in [-0.4, -0.2) is 25.2 Å². The van der Waals surface area contributed by atoms with Gasteiger partial charge in [0.05, 0.1) is 14.2 Å². The van der Waals surface area contributed by atoms with Crippen LogP contribution in [-0.2, 0) is 4.79 Å². The van der Waals surface area contributed by atoms with E-state index in [0.29, 0.717) is 17.2 Å². The van der Waals surface area contributed by atoms with E-state index in [1.807, 2.05) is 20.8 Å². The Bertz CT molecular complexity index is 510. The van der Waals surface area contributed by atoms with Crippen LogP contribution in [0.2, 0.25) is 0 Å². The van der Waals surface area contributed by atoms with Gasteiger partial charge in [-0.3, -0.25) is 4.79 Å². The Morgan fingerprint density at radius 1 is 1.15 bits per heavy atom. The van der Waals surface area contributed by atoms with Crippen molar-refractivity contribution in [3.05, 3.63) is 18.2 Å². The first-order chi connectivity index (χ1) is 9.27. The van der Waals surface area contributed by atoms with Crippen LogP contribution < -0.4 is 20.1 Å². The fraction of sp³-hybridized carbons (Fsp3) is 0.429. The van der Waals surface area contributed by atoms with Gasteiger partial charge >= 0.3 is 0 Å². The van der Waals surface area contributed by atoms with Crippen molar-refractivity contribution < 1.29 is 14.3 Å². The molecule has 0 spiro atoms. The van der Waals surface area contributed by atoms with Crippen molar-refractivity contribution >= 4 is 28.9 Å². The van der Waals surface area contributed by atoms with E-state index in [4.69, 9.17) is 21.7 Å². The summed E-state index contributed by atoms with van der Waals surface area (Å²) in [4.78, 5) is 11.8. The first-order valence-corrected chi connectivity index (χ1v) is 6.53. The van der Waals surface area contributed by atoms with Crippen molar-refractivity contribution in [3.8, 4) is 11.5 Å². The molecule has 1 aromatic carbocycles. The molecule has 1 aromatic rings. The average Bonchev–Trinajstić information content (AvgIpc) is 2.37. The van der Waals surface area contributed by atoms with Crippen LogP contribution in [0.15, 0.2) is 18.2 Å². The molecule has 1 amide bonds. The summed E-state index contributed by atoms with van der Waals surface area (Å²) in [7, 11) is 3.13. The van der Waals surface area contributed by atoms with E-state index in [0.717, 1.165) is 0 Å². The van der Waals surface area contributed by atoms with Crippen molar-refractivity contribution in [2.45, 2.75) is 20.8 Å². The van der Waals surface area contributed by atoms with E-state index in [-0.39, 0.29) is 11.0 Å². The molecule has 0 unspecified atom stereocenters. The maximum absolute atomic E-state index is 11.8. The zero-order valence-electron chi connectivity index (χ0n) is 12.4. The number of benzene rings is 1. The molecule has 0 radical (unpaired) electrons. The Morgan fingerprint density at radius 2 is 1.75 bits per heavy atom. The van der Waals surface area contributed by atoms with Crippen molar-refractivity contribution in [2.75, 3.05) is 19.5 Å². The van der Waals surface area contributed by atoms with Gasteiger partial charge in [0.25, 0.3) is 0 Å². The highest BCUT2D eigenvalue weighted by molar-refractivity contribution is 7.80. The summed E-state index contributed by atoms with van der Waals surface area (Å²) in [6.45, 7) is 5.46. The lowest BCUT2D eigenvalue weighted by atomic mass is 9.96. The molecule has 0 bridgehead atoms. The number of carbonyl (C=O) groups is 1. The van der Waals surface area contributed by atoms with Crippen LogP contribution in [0, 0.1) is 5.41 Å². The van der Waals surface area contributed by atoms with Gasteiger partial charge in [-0.15, -0.1) is 0 Å². The molecule has 0 saturated heterocycles. The van der Waals surface area contributed by atoms with Gasteiger partial charge in [0.1, 0.15) is 0 Å². The smallest absolute Gasteiger partial charge is 0.231 e. The number of anilines is 1. The summed E-state index contributed by atoms with van der Waals surface area (Å²) < 4.78 is 10.3. The molecule has 0 atom stereocenters. The van der Waals surface area contributed by atoms with E-state index in [1.54, 1.807) is 32.4 Å². The molecule has 110 valence electrons. The average molecular weight is 296 g/mol. The highest BCUT2D eigenvalue weighted by Gasteiger charge is 2.22. The summed E-state index contributed by atoms with van der Waals surface area (Å²) in [5, 5.41) is 5.83. The molecule has 6 heteroatoms. The Balaban J connectivity index is 2.74. The van der Waals surface area contributed by atoms with Crippen LogP contribution in [0.1, 0.15) is 20.8 Å². The lowest BCUT2D eigenvalue weighted by Crippen LogP contribution is -2.41. The standard InChI is InChI=1S/C14H20N2O3S/c1-14(2,3)12(17)16-13(20)15-9-6-7-10(18-4)11(8-9)19-5/h6-8H,1-5H3,(H2,15,16,17,20). The Hall–Kier alpha value is -1.82. The number of methoxy groups -OCH3 is 2. The number of amides is 1. The molecule has 5 nitrogen and oxygen atoms in total.